The summed E-state index contributed by atoms with van der Waals surface area (Å²) in [4.78, 5) is 13.5. The van der Waals surface area contributed by atoms with Crippen molar-refractivity contribution in [3.05, 3.63) is 17.0 Å². The lowest BCUT2D eigenvalue weighted by atomic mass is 9.99. The van der Waals surface area contributed by atoms with Gasteiger partial charge in [0, 0.05) is 24.6 Å². The second kappa shape index (κ2) is 3.90. The number of amides is 1. The molecule has 2 atom stereocenters. The minimum atomic E-state index is -0.163. The molecule has 1 aliphatic heterocycles. The minimum Gasteiger partial charge on any atom is -0.361 e. The fraction of sp³-hybridized carbons (Fsp3) is 0.636. The van der Waals surface area contributed by atoms with Crippen LogP contribution in [0.3, 0.4) is 0 Å². The molecule has 0 unspecified atom stereocenters. The second-order valence-corrected chi connectivity index (χ2v) is 4.23. The van der Waals surface area contributed by atoms with Crippen molar-refractivity contribution in [2.24, 2.45) is 5.73 Å². The summed E-state index contributed by atoms with van der Waals surface area (Å²) in [5.41, 5.74) is 7.83. The van der Waals surface area contributed by atoms with E-state index >= 15 is 0 Å². The summed E-state index contributed by atoms with van der Waals surface area (Å²) < 4.78 is 5.14. The molecule has 1 saturated heterocycles. The highest BCUT2D eigenvalue weighted by atomic mass is 16.5. The fourth-order valence-corrected chi connectivity index (χ4v) is 2.47. The molecule has 1 aliphatic rings. The Hall–Kier alpha value is -1.36. The lowest BCUT2D eigenvalue weighted by molar-refractivity contribution is -0.128. The Morgan fingerprint density at radius 3 is 2.75 bits per heavy atom. The van der Waals surface area contributed by atoms with Crippen LogP contribution in [0.15, 0.2) is 4.52 Å². The smallest absolute Gasteiger partial charge is 0.224 e. The molecule has 1 aromatic heterocycles. The number of nitrogens with zero attached hydrogens (tertiary/aromatic N) is 2. The Bertz CT molecular complexity index is 394. The maximum absolute atomic E-state index is 11.7. The van der Waals surface area contributed by atoms with Crippen LogP contribution in [0, 0.1) is 13.8 Å². The highest BCUT2D eigenvalue weighted by Gasteiger charge is 2.40. The zero-order valence-corrected chi connectivity index (χ0v) is 9.86. The van der Waals surface area contributed by atoms with Crippen LogP contribution in [0.5, 0.6) is 0 Å². The molecule has 0 saturated carbocycles. The first-order chi connectivity index (χ1) is 7.56. The average Bonchev–Trinajstić information content (AvgIpc) is 2.68. The first kappa shape index (κ1) is 11.1. The quantitative estimate of drug-likeness (QED) is 0.809. The van der Waals surface area contributed by atoms with Crippen LogP contribution >= 0.6 is 0 Å². The van der Waals surface area contributed by atoms with Gasteiger partial charge in [-0.1, -0.05) is 5.16 Å². The number of carbonyl (C=O) groups is 1. The van der Waals surface area contributed by atoms with Crippen LogP contribution in [0.2, 0.25) is 0 Å². The molecule has 5 nitrogen and oxygen atoms in total. The molecule has 16 heavy (non-hydrogen) atoms. The van der Waals surface area contributed by atoms with Crippen molar-refractivity contribution in [3.8, 4) is 0 Å². The number of likely N-dealkylation sites (N-methyl/N-ethyl adjacent to an activating group) is 1. The molecule has 1 aromatic rings. The van der Waals surface area contributed by atoms with Gasteiger partial charge in [-0.05, 0) is 20.8 Å². The lowest BCUT2D eigenvalue weighted by Gasteiger charge is -2.25. The van der Waals surface area contributed by atoms with Crippen LogP contribution in [0.25, 0.3) is 0 Å². The van der Waals surface area contributed by atoms with E-state index in [1.165, 1.54) is 0 Å². The molecule has 2 N–H and O–H groups in total. The van der Waals surface area contributed by atoms with E-state index in [9.17, 15) is 4.79 Å². The Labute approximate surface area is 94.6 Å². The van der Waals surface area contributed by atoms with Crippen molar-refractivity contribution in [2.75, 3.05) is 6.54 Å². The number of rotatable bonds is 2. The van der Waals surface area contributed by atoms with Crippen molar-refractivity contribution in [3.63, 3.8) is 0 Å². The number of hydrogen-bond acceptors (Lipinski definition) is 4. The Morgan fingerprint density at radius 2 is 2.25 bits per heavy atom. The molecule has 0 radical (unpaired) electrons. The van der Waals surface area contributed by atoms with Crippen molar-refractivity contribution < 1.29 is 9.32 Å². The van der Waals surface area contributed by atoms with Gasteiger partial charge >= 0.3 is 0 Å². The topological polar surface area (TPSA) is 72.4 Å². The summed E-state index contributed by atoms with van der Waals surface area (Å²) >= 11 is 0. The predicted molar refractivity (Wildman–Crippen MR) is 58.7 cm³/mol. The molecule has 1 fully saturated rings. The van der Waals surface area contributed by atoms with E-state index in [1.807, 2.05) is 20.8 Å². The van der Waals surface area contributed by atoms with E-state index in [0.717, 1.165) is 17.0 Å². The summed E-state index contributed by atoms with van der Waals surface area (Å²) in [7, 11) is 0. The van der Waals surface area contributed by atoms with Crippen LogP contribution in [-0.4, -0.2) is 28.6 Å². The third kappa shape index (κ3) is 1.51. The van der Waals surface area contributed by atoms with Crippen molar-refractivity contribution in [1.29, 1.82) is 0 Å². The van der Waals surface area contributed by atoms with E-state index in [0.29, 0.717) is 13.0 Å². The lowest BCUT2D eigenvalue weighted by Crippen LogP contribution is -2.33. The number of aryl methyl sites for hydroxylation is 2. The zero-order valence-electron chi connectivity index (χ0n) is 9.86. The number of nitrogens with two attached hydrogens (primary N) is 1. The van der Waals surface area contributed by atoms with Gasteiger partial charge in [-0.2, -0.15) is 0 Å². The maximum Gasteiger partial charge on any atom is 0.224 e. The first-order valence-electron chi connectivity index (χ1n) is 5.54. The molecular formula is C11H17N3O2. The maximum atomic E-state index is 11.7. The van der Waals surface area contributed by atoms with Gasteiger partial charge in [0.05, 0.1) is 11.7 Å². The van der Waals surface area contributed by atoms with Gasteiger partial charge in [-0.3, -0.25) is 4.79 Å². The molecule has 0 aromatic carbocycles. The van der Waals surface area contributed by atoms with Crippen LogP contribution < -0.4 is 5.73 Å². The number of likely N-dealkylation sites (tertiary alicyclic amines) is 1. The zero-order chi connectivity index (χ0) is 11.9. The van der Waals surface area contributed by atoms with Gasteiger partial charge in [-0.25, -0.2) is 0 Å². The summed E-state index contributed by atoms with van der Waals surface area (Å²) in [5.74, 6) is 0.867. The molecule has 2 heterocycles. The van der Waals surface area contributed by atoms with Crippen molar-refractivity contribution in [2.45, 2.75) is 39.3 Å². The highest BCUT2D eigenvalue weighted by Crippen LogP contribution is 2.35. The molecule has 5 heteroatoms. The number of hydrogen-bond donors (Lipinski definition) is 1. The van der Waals surface area contributed by atoms with E-state index < -0.39 is 0 Å². The van der Waals surface area contributed by atoms with Crippen LogP contribution in [-0.2, 0) is 4.79 Å². The summed E-state index contributed by atoms with van der Waals surface area (Å²) in [5, 5.41) is 3.92. The number of carbonyl (C=O) groups excluding carboxylic acids is 1. The van der Waals surface area contributed by atoms with Crippen molar-refractivity contribution >= 4 is 5.91 Å². The van der Waals surface area contributed by atoms with Crippen molar-refractivity contribution in [1.82, 2.24) is 10.1 Å². The third-order valence-electron chi connectivity index (χ3n) is 3.20. The van der Waals surface area contributed by atoms with Gasteiger partial charge in [0.2, 0.25) is 5.91 Å². The molecule has 2 rings (SSSR count). The Morgan fingerprint density at radius 1 is 1.56 bits per heavy atom. The van der Waals surface area contributed by atoms with E-state index in [4.69, 9.17) is 10.3 Å². The van der Waals surface area contributed by atoms with E-state index in [2.05, 4.69) is 5.16 Å². The Kier molecular flexibility index (Phi) is 2.71. The summed E-state index contributed by atoms with van der Waals surface area (Å²) in [6.07, 6.45) is 0.405. The van der Waals surface area contributed by atoms with E-state index in [-0.39, 0.29) is 18.0 Å². The highest BCUT2D eigenvalue weighted by molar-refractivity contribution is 5.80. The van der Waals surface area contributed by atoms with E-state index in [1.54, 1.807) is 4.90 Å². The molecular weight excluding hydrogens is 206 g/mol. The minimum absolute atomic E-state index is 0.0799. The number of aromatic nitrogens is 1. The van der Waals surface area contributed by atoms with Gasteiger partial charge in [-0.15, -0.1) is 0 Å². The van der Waals surface area contributed by atoms with Crippen LogP contribution in [0.4, 0.5) is 0 Å². The average molecular weight is 223 g/mol. The molecule has 0 bridgehead atoms. The van der Waals surface area contributed by atoms with Gasteiger partial charge < -0.3 is 15.2 Å². The van der Waals surface area contributed by atoms with Gasteiger partial charge in [0.1, 0.15) is 5.76 Å². The summed E-state index contributed by atoms with van der Waals surface area (Å²) in [6.45, 7) is 6.37. The largest absolute Gasteiger partial charge is 0.361 e. The predicted octanol–water partition coefficient (Wildman–Crippen LogP) is 0.912. The monoisotopic (exact) mass is 223 g/mol. The standard InChI is InChI=1S/C11H17N3O2/c1-4-14-9(15)5-8(12)11(14)10-6(2)13-16-7(10)3/h8,11H,4-5,12H2,1-3H3/t8-,11-/m0/s1. The van der Waals surface area contributed by atoms with Crippen LogP contribution in [0.1, 0.15) is 36.4 Å². The van der Waals surface area contributed by atoms with Gasteiger partial charge in [0.15, 0.2) is 0 Å². The normalized spacial score (nSPS) is 25.5. The summed E-state index contributed by atoms with van der Waals surface area (Å²) in [6, 6.07) is -0.243. The van der Waals surface area contributed by atoms with Gasteiger partial charge in [0.25, 0.3) is 0 Å². The molecule has 88 valence electrons. The second-order valence-electron chi connectivity index (χ2n) is 4.23. The molecule has 1 amide bonds. The SMILES string of the molecule is CCN1C(=O)C[C@H](N)[C@H]1c1c(C)noc1C. The first-order valence-corrected chi connectivity index (χ1v) is 5.54. The Balaban J connectivity index is 2.43. The third-order valence-corrected chi connectivity index (χ3v) is 3.20. The molecule has 0 spiro atoms. The molecule has 0 aliphatic carbocycles. The fourth-order valence-electron chi connectivity index (χ4n) is 2.47.